The molecule has 1 rings (SSSR count). The van der Waals surface area contributed by atoms with Crippen LogP contribution in [0.5, 0.6) is 5.75 Å². The van der Waals surface area contributed by atoms with Crippen LogP contribution in [0.15, 0.2) is 24.3 Å². The van der Waals surface area contributed by atoms with Gasteiger partial charge in [-0.15, -0.1) is 0 Å². The Balaban J connectivity index is 2.79. The Hall–Kier alpha value is -1.97. The van der Waals surface area contributed by atoms with Gasteiger partial charge in [0.15, 0.2) is 0 Å². The van der Waals surface area contributed by atoms with Gasteiger partial charge in [0.25, 0.3) is 0 Å². The minimum Gasteiger partial charge on any atom is -0.508 e. The SMILES string of the molecule is CCNC(=O)C=Cc1cc(O)ccc1N. The molecule has 1 aromatic rings. The third-order valence-electron chi connectivity index (χ3n) is 1.84. The van der Waals surface area contributed by atoms with Crippen molar-refractivity contribution in [3.05, 3.63) is 29.8 Å². The molecule has 4 heteroatoms. The second-order valence-corrected chi connectivity index (χ2v) is 3.04. The molecular weight excluding hydrogens is 192 g/mol. The fraction of sp³-hybridized carbons (Fsp3) is 0.182. The summed E-state index contributed by atoms with van der Waals surface area (Å²) in [7, 11) is 0. The van der Waals surface area contributed by atoms with Gasteiger partial charge in [0.1, 0.15) is 5.75 Å². The predicted octanol–water partition coefficient (Wildman–Crippen LogP) is 1.12. The first-order chi connectivity index (χ1) is 7.13. The molecule has 4 N–H and O–H groups in total. The van der Waals surface area contributed by atoms with Crippen molar-refractivity contribution in [3.63, 3.8) is 0 Å². The van der Waals surface area contributed by atoms with Crippen molar-refractivity contribution in [2.45, 2.75) is 6.92 Å². The van der Waals surface area contributed by atoms with Crippen LogP contribution in [-0.2, 0) is 4.79 Å². The highest BCUT2D eigenvalue weighted by atomic mass is 16.3. The van der Waals surface area contributed by atoms with Crippen LogP contribution >= 0.6 is 0 Å². The van der Waals surface area contributed by atoms with E-state index in [0.717, 1.165) is 0 Å². The van der Waals surface area contributed by atoms with E-state index < -0.39 is 0 Å². The third-order valence-corrected chi connectivity index (χ3v) is 1.84. The van der Waals surface area contributed by atoms with E-state index >= 15 is 0 Å². The number of carbonyl (C=O) groups is 1. The molecule has 0 radical (unpaired) electrons. The number of hydrogen-bond donors (Lipinski definition) is 3. The molecular formula is C11H14N2O2. The van der Waals surface area contributed by atoms with Crippen LogP contribution in [0.4, 0.5) is 5.69 Å². The average molecular weight is 206 g/mol. The molecule has 0 aliphatic heterocycles. The Morgan fingerprint density at radius 3 is 3.00 bits per heavy atom. The molecule has 0 atom stereocenters. The molecule has 0 unspecified atom stereocenters. The van der Waals surface area contributed by atoms with Gasteiger partial charge in [-0.05, 0) is 31.2 Å². The number of nitrogen functional groups attached to an aromatic ring is 1. The lowest BCUT2D eigenvalue weighted by atomic mass is 10.1. The summed E-state index contributed by atoms with van der Waals surface area (Å²) in [6.45, 7) is 2.42. The van der Waals surface area contributed by atoms with E-state index in [9.17, 15) is 9.90 Å². The molecule has 0 aromatic heterocycles. The van der Waals surface area contributed by atoms with Crippen LogP contribution < -0.4 is 11.1 Å². The maximum absolute atomic E-state index is 11.1. The molecule has 0 bridgehead atoms. The van der Waals surface area contributed by atoms with E-state index in [2.05, 4.69) is 5.32 Å². The van der Waals surface area contributed by atoms with Crippen LogP contribution in [0, 0.1) is 0 Å². The summed E-state index contributed by atoms with van der Waals surface area (Å²) in [5.41, 5.74) is 6.80. The predicted molar refractivity (Wildman–Crippen MR) is 60.2 cm³/mol. The molecule has 0 aliphatic carbocycles. The molecule has 15 heavy (non-hydrogen) atoms. The van der Waals surface area contributed by atoms with Crippen molar-refractivity contribution in [2.75, 3.05) is 12.3 Å². The minimum absolute atomic E-state index is 0.125. The maximum atomic E-state index is 11.1. The van der Waals surface area contributed by atoms with Crippen molar-refractivity contribution >= 4 is 17.7 Å². The largest absolute Gasteiger partial charge is 0.508 e. The van der Waals surface area contributed by atoms with Gasteiger partial charge < -0.3 is 16.2 Å². The van der Waals surface area contributed by atoms with E-state index in [1.54, 1.807) is 12.1 Å². The lowest BCUT2D eigenvalue weighted by molar-refractivity contribution is -0.116. The smallest absolute Gasteiger partial charge is 0.243 e. The number of phenols is 1. The van der Waals surface area contributed by atoms with Crippen molar-refractivity contribution < 1.29 is 9.90 Å². The molecule has 0 fully saturated rings. The van der Waals surface area contributed by atoms with Crippen LogP contribution in [0.3, 0.4) is 0 Å². The standard InChI is InChI=1S/C11H14N2O2/c1-2-13-11(15)6-3-8-7-9(14)4-5-10(8)12/h3-7,14H,2,12H2,1H3,(H,13,15). The zero-order valence-corrected chi connectivity index (χ0v) is 8.53. The normalized spacial score (nSPS) is 10.5. The lowest BCUT2D eigenvalue weighted by Gasteiger charge is -2.00. The number of benzene rings is 1. The number of phenolic OH excluding ortho intramolecular Hbond substituents is 1. The zero-order valence-electron chi connectivity index (χ0n) is 8.53. The first-order valence-electron chi connectivity index (χ1n) is 4.68. The highest BCUT2D eigenvalue weighted by Crippen LogP contribution is 2.19. The quantitative estimate of drug-likeness (QED) is 0.394. The molecule has 4 nitrogen and oxygen atoms in total. The van der Waals surface area contributed by atoms with Gasteiger partial charge in [-0.3, -0.25) is 4.79 Å². The van der Waals surface area contributed by atoms with E-state index in [-0.39, 0.29) is 11.7 Å². The zero-order chi connectivity index (χ0) is 11.3. The number of carbonyl (C=O) groups excluding carboxylic acids is 1. The van der Waals surface area contributed by atoms with Gasteiger partial charge in [0.2, 0.25) is 5.91 Å². The molecule has 0 saturated heterocycles. The summed E-state index contributed by atoms with van der Waals surface area (Å²) in [5.74, 6) is -0.0556. The maximum Gasteiger partial charge on any atom is 0.243 e. The van der Waals surface area contributed by atoms with E-state index in [4.69, 9.17) is 5.73 Å². The van der Waals surface area contributed by atoms with Crippen molar-refractivity contribution in [2.24, 2.45) is 0 Å². The molecule has 0 spiro atoms. The van der Waals surface area contributed by atoms with Gasteiger partial charge in [-0.2, -0.15) is 0 Å². The Morgan fingerprint density at radius 2 is 2.33 bits per heavy atom. The highest BCUT2D eigenvalue weighted by Gasteiger charge is 1.97. The number of rotatable bonds is 3. The lowest BCUT2D eigenvalue weighted by Crippen LogP contribution is -2.19. The van der Waals surface area contributed by atoms with Crippen molar-refractivity contribution in [3.8, 4) is 5.75 Å². The summed E-state index contributed by atoms with van der Waals surface area (Å²) in [6, 6.07) is 4.59. The van der Waals surface area contributed by atoms with Crippen molar-refractivity contribution in [1.82, 2.24) is 5.32 Å². The molecule has 0 aliphatic rings. The number of anilines is 1. The third kappa shape index (κ3) is 3.34. The molecule has 1 amide bonds. The van der Waals surface area contributed by atoms with Crippen LogP contribution in [0.2, 0.25) is 0 Å². The van der Waals surface area contributed by atoms with Crippen molar-refractivity contribution in [1.29, 1.82) is 0 Å². The number of hydrogen-bond acceptors (Lipinski definition) is 3. The van der Waals surface area contributed by atoms with Crippen LogP contribution in [0.1, 0.15) is 12.5 Å². The Morgan fingerprint density at radius 1 is 1.60 bits per heavy atom. The first kappa shape index (κ1) is 11.1. The number of nitrogens with one attached hydrogen (secondary N) is 1. The Kier molecular flexibility index (Phi) is 3.74. The monoisotopic (exact) mass is 206 g/mol. The minimum atomic E-state index is -0.180. The Bertz CT molecular complexity index is 386. The second kappa shape index (κ2) is 5.05. The van der Waals surface area contributed by atoms with Crippen LogP contribution in [-0.4, -0.2) is 17.6 Å². The second-order valence-electron chi connectivity index (χ2n) is 3.04. The molecule has 80 valence electrons. The number of aromatic hydroxyl groups is 1. The number of nitrogens with two attached hydrogens (primary N) is 1. The van der Waals surface area contributed by atoms with E-state index in [1.165, 1.54) is 18.2 Å². The molecule has 0 heterocycles. The highest BCUT2D eigenvalue weighted by molar-refractivity contribution is 5.92. The van der Waals surface area contributed by atoms with Gasteiger partial charge in [-0.25, -0.2) is 0 Å². The summed E-state index contributed by atoms with van der Waals surface area (Å²) in [6.07, 6.45) is 2.95. The summed E-state index contributed by atoms with van der Waals surface area (Å²) in [4.78, 5) is 11.1. The average Bonchev–Trinajstić information content (AvgIpc) is 2.20. The summed E-state index contributed by atoms with van der Waals surface area (Å²) in [5, 5.41) is 11.8. The topological polar surface area (TPSA) is 75.3 Å². The fourth-order valence-electron chi connectivity index (χ4n) is 1.11. The van der Waals surface area contributed by atoms with E-state index in [0.29, 0.717) is 17.8 Å². The Labute approximate surface area is 88.4 Å². The number of amides is 1. The molecule has 1 aromatic carbocycles. The fourth-order valence-corrected chi connectivity index (χ4v) is 1.11. The van der Waals surface area contributed by atoms with Crippen LogP contribution in [0.25, 0.3) is 6.08 Å². The summed E-state index contributed by atoms with van der Waals surface area (Å²) >= 11 is 0. The molecule has 0 saturated carbocycles. The summed E-state index contributed by atoms with van der Waals surface area (Å²) < 4.78 is 0. The number of likely N-dealkylation sites (N-methyl/N-ethyl adjacent to an activating group) is 1. The van der Waals surface area contributed by atoms with Gasteiger partial charge in [0.05, 0.1) is 0 Å². The van der Waals surface area contributed by atoms with Gasteiger partial charge >= 0.3 is 0 Å². The van der Waals surface area contributed by atoms with Gasteiger partial charge in [-0.1, -0.05) is 0 Å². The van der Waals surface area contributed by atoms with E-state index in [1.807, 2.05) is 6.92 Å². The van der Waals surface area contributed by atoms with Gasteiger partial charge in [0, 0.05) is 23.9 Å². The first-order valence-corrected chi connectivity index (χ1v) is 4.68.